The maximum atomic E-state index is 12.8. The minimum Gasteiger partial charge on any atom is -0.465 e. The van der Waals surface area contributed by atoms with Crippen LogP contribution in [0, 0.1) is 0 Å². The molecule has 0 fully saturated rings. The molecule has 3 N–H and O–H groups in total. The molecule has 9 heteroatoms. The molecule has 30 heavy (non-hydrogen) atoms. The topological polar surface area (TPSA) is 117 Å². The molecule has 0 radical (unpaired) electrons. The molecular formula is C21H20N6O3. The van der Waals surface area contributed by atoms with Crippen LogP contribution in [0.2, 0.25) is 0 Å². The quantitative estimate of drug-likeness (QED) is 0.473. The Kier molecular flexibility index (Phi) is 5.17. The average Bonchev–Trinajstić information content (AvgIpc) is 3.11. The van der Waals surface area contributed by atoms with Gasteiger partial charge in [-0.15, -0.1) is 5.10 Å². The molecular weight excluding hydrogens is 384 g/mol. The number of carbonyl (C=O) groups is 1. The van der Waals surface area contributed by atoms with Gasteiger partial charge in [-0.05, 0) is 31.2 Å². The Morgan fingerprint density at radius 1 is 1.13 bits per heavy atom. The SMILES string of the molecule is CCOC(=O)CNc1ccc(-c2cn3c(=O)n(-c4ccccc4)nc3c(N)n2)cc1. The third kappa shape index (κ3) is 3.72. The van der Waals surface area contributed by atoms with Crippen molar-refractivity contribution in [3.63, 3.8) is 0 Å². The molecule has 0 aliphatic rings. The zero-order valence-corrected chi connectivity index (χ0v) is 16.3. The second-order valence-electron chi connectivity index (χ2n) is 6.47. The van der Waals surface area contributed by atoms with Crippen molar-refractivity contribution in [3.8, 4) is 16.9 Å². The van der Waals surface area contributed by atoms with Crippen LogP contribution in [0.4, 0.5) is 11.5 Å². The van der Waals surface area contributed by atoms with Crippen LogP contribution in [0.25, 0.3) is 22.6 Å². The van der Waals surface area contributed by atoms with E-state index in [1.165, 1.54) is 9.08 Å². The number of ether oxygens (including phenoxy) is 1. The lowest BCUT2D eigenvalue weighted by Crippen LogP contribution is -2.19. The smallest absolute Gasteiger partial charge is 0.355 e. The van der Waals surface area contributed by atoms with Gasteiger partial charge in [0.1, 0.15) is 6.54 Å². The fourth-order valence-electron chi connectivity index (χ4n) is 3.02. The van der Waals surface area contributed by atoms with Crippen LogP contribution in [0.3, 0.4) is 0 Å². The van der Waals surface area contributed by atoms with E-state index in [1.807, 2.05) is 42.5 Å². The number of nitrogens with one attached hydrogen (secondary N) is 1. The fraction of sp³-hybridized carbons (Fsp3) is 0.143. The van der Waals surface area contributed by atoms with Gasteiger partial charge in [0.2, 0.25) is 5.65 Å². The first-order chi connectivity index (χ1) is 14.6. The van der Waals surface area contributed by atoms with Crippen LogP contribution >= 0.6 is 0 Å². The molecule has 0 bridgehead atoms. The number of para-hydroxylation sites is 1. The molecule has 0 amide bonds. The van der Waals surface area contributed by atoms with Gasteiger partial charge in [-0.25, -0.2) is 14.2 Å². The summed E-state index contributed by atoms with van der Waals surface area (Å²) < 4.78 is 7.57. The van der Waals surface area contributed by atoms with Crippen molar-refractivity contribution in [1.82, 2.24) is 19.2 Å². The van der Waals surface area contributed by atoms with Gasteiger partial charge in [0.25, 0.3) is 0 Å². The Morgan fingerprint density at radius 2 is 1.87 bits per heavy atom. The van der Waals surface area contributed by atoms with Gasteiger partial charge >= 0.3 is 11.7 Å². The number of esters is 1. The number of nitrogen functional groups attached to an aromatic ring is 1. The number of anilines is 2. The third-order valence-corrected chi connectivity index (χ3v) is 4.46. The lowest BCUT2D eigenvalue weighted by molar-refractivity contribution is -0.140. The van der Waals surface area contributed by atoms with Gasteiger partial charge in [-0.1, -0.05) is 30.3 Å². The molecule has 0 spiro atoms. The van der Waals surface area contributed by atoms with E-state index in [4.69, 9.17) is 10.5 Å². The van der Waals surface area contributed by atoms with Crippen molar-refractivity contribution in [2.45, 2.75) is 6.92 Å². The Hall–Kier alpha value is -4.14. The molecule has 0 unspecified atom stereocenters. The van der Waals surface area contributed by atoms with E-state index in [2.05, 4.69) is 15.4 Å². The summed E-state index contributed by atoms with van der Waals surface area (Å²) in [6, 6.07) is 16.4. The number of aromatic nitrogens is 4. The summed E-state index contributed by atoms with van der Waals surface area (Å²) >= 11 is 0. The molecule has 2 aromatic carbocycles. The van der Waals surface area contributed by atoms with Crippen molar-refractivity contribution < 1.29 is 9.53 Å². The highest BCUT2D eigenvalue weighted by Crippen LogP contribution is 2.22. The van der Waals surface area contributed by atoms with Crippen molar-refractivity contribution in [3.05, 3.63) is 71.3 Å². The summed E-state index contributed by atoms with van der Waals surface area (Å²) in [6.07, 6.45) is 1.61. The Bertz CT molecular complexity index is 1250. The first-order valence-electron chi connectivity index (χ1n) is 9.40. The van der Waals surface area contributed by atoms with Gasteiger partial charge in [0.05, 0.1) is 18.0 Å². The zero-order valence-electron chi connectivity index (χ0n) is 16.3. The normalized spacial score (nSPS) is 10.8. The monoisotopic (exact) mass is 404 g/mol. The Balaban J connectivity index is 1.64. The first kappa shape index (κ1) is 19.2. The van der Waals surface area contributed by atoms with Crippen LogP contribution in [-0.2, 0) is 9.53 Å². The predicted molar refractivity (Wildman–Crippen MR) is 114 cm³/mol. The number of benzene rings is 2. The summed E-state index contributed by atoms with van der Waals surface area (Å²) in [5.41, 5.74) is 8.75. The van der Waals surface area contributed by atoms with E-state index in [-0.39, 0.29) is 24.0 Å². The summed E-state index contributed by atoms with van der Waals surface area (Å²) in [5.74, 6) is -0.167. The molecule has 4 aromatic rings. The van der Waals surface area contributed by atoms with E-state index in [0.29, 0.717) is 23.6 Å². The molecule has 2 aromatic heterocycles. The van der Waals surface area contributed by atoms with Gasteiger partial charge in [0, 0.05) is 17.4 Å². The molecule has 0 saturated heterocycles. The standard InChI is InChI=1S/C21H20N6O3/c1-2-30-18(28)12-23-15-10-8-14(9-11-15)17-13-26-20(19(22)24-17)25-27(21(26)29)16-6-4-3-5-7-16/h3-11,13,23H,2,12H2,1H3,(H2,22,24). The highest BCUT2D eigenvalue weighted by atomic mass is 16.5. The number of rotatable bonds is 6. The van der Waals surface area contributed by atoms with Gasteiger partial charge < -0.3 is 15.8 Å². The van der Waals surface area contributed by atoms with Crippen LogP contribution in [0.1, 0.15) is 6.92 Å². The Morgan fingerprint density at radius 3 is 2.57 bits per heavy atom. The van der Waals surface area contributed by atoms with Crippen LogP contribution in [0.5, 0.6) is 0 Å². The lowest BCUT2D eigenvalue weighted by atomic mass is 10.1. The minimum atomic E-state index is -0.334. The van der Waals surface area contributed by atoms with Crippen molar-refractivity contribution in [1.29, 1.82) is 0 Å². The number of hydrogen-bond donors (Lipinski definition) is 2. The van der Waals surface area contributed by atoms with Gasteiger partial charge in [-0.3, -0.25) is 4.79 Å². The predicted octanol–water partition coefficient (Wildman–Crippen LogP) is 2.10. The second kappa shape index (κ2) is 8.08. The maximum Gasteiger partial charge on any atom is 0.355 e. The summed E-state index contributed by atoms with van der Waals surface area (Å²) in [4.78, 5) is 28.7. The molecule has 9 nitrogen and oxygen atoms in total. The summed E-state index contributed by atoms with van der Waals surface area (Å²) in [6.45, 7) is 2.19. The Labute approximate surface area is 171 Å². The van der Waals surface area contributed by atoms with E-state index in [0.717, 1.165) is 11.3 Å². The van der Waals surface area contributed by atoms with Gasteiger partial charge in [-0.2, -0.15) is 4.68 Å². The van der Waals surface area contributed by atoms with Crippen molar-refractivity contribution >= 4 is 23.1 Å². The van der Waals surface area contributed by atoms with E-state index in [9.17, 15) is 9.59 Å². The molecule has 0 atom stereocenters. The zero-order chi connectivity index (χ0) is 21.1. The fourth-order valence-corrected chi connectivity index (χ4v) is 3.02. The molecule has 0 aliphatic carbocycles. The van der Waals surface area contributed by atoms with Crippen LogP contribution < -0.4 is 16.7 Å². The summed E-state index contributed by atoms with van der Waals surface area (Å²) in [5, 5.41) is 7.30. The van der Waals surface area contributed by atoms with E-state index >= 15 is 0 Å². The lowest BCUT2D eigenvalue weighted by Gasteiger charge is -2.07. The minimum absolute atomic E-state index is 0.0818. The average molecular weight is 404 g/mol. The molecule has 152 valence electrons. The molecule has 0 saturated carbocycles. The maximum absolute atomic E-state index is 12.8. The molecule has 0 aliphatic heterocycles. The number of fused-ring (bicyclic) bond motifs is 1. The third-order valence-electron chi connectivity index (χ3n) is 4.46. The van der Waals surface area contributed by atoms with Gasteiger partial charge in [0.15, 0.2) is 5.82 Å². The van der Waals surface area contributed by atoms with Crippen LogP contribution in [-0.4, -0.2) is 38.3 Å². The number of hydrogen-bond acceptors (Lipinski definition) is 7. The number of nitrogens with zero attached hydrogens (tertiary/aromatic N) is 4. The second-order valence-corrected chi connectivity index (χ2v) is 6.47. The number of nitrogens with two attached hydrogens (primary N) is 1. The summed E-state index contributed by atoms with van der Waals surface area (Å²) in [7, 11) is 0. The molecule has 4 rings (SSSR count). The number of carbonyl (C=O) groups excluding carboxylic acids is 1. The van der Waals surface area contributed by atoms with E-state index < -0.39 is 0 Å². The highest BCUT2D eigenvalue weighted by Gasteiger charge is 2.14. The van der Waals surface area contributed by atoms with Crippen molar-refractivity contribution in [2.75, 3.05) is 24.2 Å². The van der Waals surface area contributed by atoms with Crippen molar-refractivity contribution in [2.24, 2.45) is 0 Å². The van der Waals surface area contributed by atoms with Crippen LogP contribution in [0.15, 0.2) is 65.6 Å². The first-order valence-corrected chi connectivity index (χ1v) is 9.40. The largest absolute Gasteiger partial charge is 0.465 e. The molecule has 2 heterocycles. The highest BCUT2D eigenvalue weighted by molar-refractivity contribution is 5.75. The van der Waals surface area contributed by atoms with E-state index in [1.54, 1.807) is 25.3 Å².